The molecule has 1 aliphatic heterocycles. The maximum absolute atomic E-state index is 3.51. The molecular formula is C16H32N2. The van der Waals surface area contributed by atoms with E-state index < -0.39 is 0 Å². The number of likely N-dealkylation sites (tertiary alicyclic amines) is 1. The first-order chi connectivity index (χ1) is 8.61. The average Bonchev–Trinajstić information content (AvgIpc) is 2.36. The van der Waals surface area contributed by atoms with Crippen molar-refractivity contribution in [2.24, 2.45) is 11.3 Å². The topological polar surface area (TPSA) is 15.3 Å². The van der Waals surface area contributed by atoms with Gasteiger partial charge >= 0.3 is 0 Å². The molecule has 1 N–H and O–H groups in total. The Labute approximate surface area is 114 Å². The summed E-state index contributed by atoms with van der Waals surface area (Å²) in [5.74, 6) is 0.929. The third-order valence-electron chi connectivity index (χ3n) is 5.03. The van der Waals surface area contributed by atoms with Gasteiger partial charge in [-0.05, 0) is 69.6 Å². The van der Waals surface area contributed by atoms with Crippen LogP contribution in [-0.4, -0.2) is 37.1 Å². The van der Waals surface area contributed by atoms with E-state index in [-0.39, 0.29) is 0 Å². The summed E-state index contributed by atoms with van der Waals surface area (Å²) < 4.78 is 0. The first-order valence-electron chi connectivity index (χ1n) is 8.05. The van der Waals surface area contributed by atoms with Crippen molar-refractivity contribution >= 4 is 0 Å². The molecule has 2 fully saturated rings. The summed E-state index contributed by atoms with van der Waals surface area (Å²) in [5.41, 5.74) is 0.587. The molecule has 18 heavy (non-hydrogen) atoms. The lowest BCUT2D eigenvalue weighted by Gasteiger charge is -2.44. The van der Waals surface area contributed by atoms with Crippen LogP contribution in [0.1, 0.15) is 59.3 Å². The highest BCUT2D eigenvalue weighted by atomic mass is 15.2. The molecule has 0 aromatic rings. The highest BCUT2D eigenvalue weighted by molar-refractivity contribution is 4.87. The molecule has 2 rings (SSSR count). The summed E-state index contributed by atoms with van der Waals surface area (Å²) in [7, 11) is 0. The predicted octanol–water partition coefficient (Wildman–Crippen LogP) is 3.28. The zero-order valence-corrected chi connectivity index (χ0v) is 12.7. The third-order valence-corrected chi connectivity index (χ3v) is 5.03. The number of nitrogens with zero attached hydrogens (tertiary/aromatic N) is 1. The number of hydrogen-bond acceptors (Lipinski definition) is 2. The van der Waals surface area contributed by atoms with E-state index in [1.54, 1.807) is 0 Å². The maximum atomic E-state index is 3.51. The molecule has 0 spiro atoms. The minimum Gasteiger partial charge on any atom is -0.317 e. The van der Waals surface area contributed by atoms with Gasteiger partial charge < -0.3 is 10.2 Å². The molecule has 1 aliphatic carbocycles. The van der Waals surface area contributed by atoms with E-state index in [4.69, 9.17) is 0 Å². The Morgan fingerprint density at radius 3 is 2.50 bits per heavy atom. The van der Waals surface area contributed by atoms with Crippen molar-refractivity contribution in [2.75, 3.05) is 26.2 Å². The number of hydrogen-bond donors (Lipinski definition) is 1. The Bertz CT molecular complexity index is 241. The monoisotopic (exact) mass is 252 g/mol. The standard InChI is InChI=1S/C16H32N2/c1-4-17-13-14-7-10-18(11-8-14)15-6-5-9-16(2,3)12-15/h14-15,17H,4-13H2,1-3H3. The van der Waals surface area contributed by atoms with Crippen LogP contribution < -0.4 is 5.32 Å². The molecule has 1 unspecified atom stereocenters. The van der Waals surface area contributed by atoms with Crippen molar-refractivity contribution in [3.63, 3.8) is 0 Å². The van der Waals surface area contributed by atoms with Gasteiger partial charge in [0.05, 0.1) is 0 Å². The second-order valence-electron chi connectivity index (χ2n) is 7.20. The lowest BCUT2D eigenvalue weighted by Crippen LogP contribution is -2.46. The fraction of sp³-hybridized carbons (Fsp3) is 1.00. The van der Waals surface area contributed by atoms with E-state index in [9.17, 15) is 0 Å². The molecule has 1 heterocycles. The molecule has 1 saturated heterocycles. The van der Waals surface area contributed by atoms with Crippen molar-refractivity contribution < 1.29 is 0 Å². The Kier molecular flexibility index (Phi) is 5.08. The van der Waals surface area contributed by atoms with Gasteiger partial charge in [-0.3, -0.25) is 0 Å². The molecular weight excluding hydrogens is 220 g/mol. The van der Waals surface area contributed by atoms with Crippen LogP contribution in [0.4, 0.5) is 0 Å². The molecule has 0 bridgehead atoms. The van der Waals surface area contributed by atoms with Crippen molar-refractivity contribution in [3.05, 3.63) is 0 Å². The number of nitrogens with one attached hydrogen (secondary N) is 1. The van der Waals surface area contributed by atoms with Gasteiger partial charge in [0.2, 0.25) is 0 Å². The van der Waals surface area contributed by atoms with E-state index in [1.807, 2.05) is 0 Å². The van der Waals surface area contributed by atoms with Crippen molar-refractivity contribution in [2.45, 2.75) is 65.3 Å². The van der Waals surface area contributed by atoms with Crippen LogP contribution in [0, 0.1) is 11.3 Å². The molecule has 1 atom stereocenters. The van der Waals surface area contributed by atoms with Gasteiger partial charge in [0.15, 0.2) is 0 Å². The fourth-order valence-electron chi connectivity index (χ4n) is 3.84. The van der Waals surface area contributed by atoms with Crippen LogP contribution >= 0.6 is 0 Å². The van der Waals surface area contributed by atoms with E-state index in [0.717, 1.165) is 18.5 Å². The van der Waals surface area contributed by atoms with Gasteiger partial charge in [-0.15, -0.1) is 0 Å². The highest BCUT2D eigenvalue weighted by Gasteiger charge is 2.32. The van der Waals surface area contributed by atoms with Gasteiger partial charge in [-0.25, -0.2) is 0 Å². The predicted molar refractivity (Wildman–Crippen MR) is 78.9 cm³/mol. The largest absolute Gasteiger partial charge is 0.317 e. The van der Waals surface area contributed by atoms with E-state index in [0.29, 0.717) is 5.41 Å². The summed E-state index contributed by atoms with van der Waals surface area (Å²) in [6.45, 7) is 12.2. The van der Waals surface area contributed by atoms with E-state index in [2.05, 4.69) is 31.0 Å². The summed E-state index contributed by atoms with van der Waals surface area (Å²) in [6.07, 6.45) is 8.55. The second kappa shape index (κ2) is 6.38. The van der Waals surface area contributed by atoms with E-state index in [1.165, 1.54) is 58.2 Å². The Balaban J connectivity index is 1.75. The lowest BCUT2D eigenvalue weighted by molar-refractivity contribution is 0.0654. The molecule has 2 nitrogen and oxygen atoms in total. The molecule has 0 aromatic carbocycles. The molecule has 2 heteroatoms. The SMILES string of the molecule is CCNCC1CCN(C2CCCC(C)(C)C2)CC1. The van der Waals surface area contributed by atoms with Crippen LogP contribution in [0.5, 0.6) is 0 Å². The minimum atomic E-state index is 0.587. The van der Waals surface area contributed by atoms with Crippen LogP contribution in [0.2, 0.25) is 0 Å². The first kappa shape index (κ1) is 14.3. The summed E-state index contributed by atoms with van der Waals surface area (Å²) >= 11 is 0. The first-order valence-corrected chi connectivity index (χ1v) is 8.05. The minimum absolute atomic E-state index is 0.587. The molecule has 0 aromatic heterocycles. The third kappa shape index (κ3) is 3.96. The zero-order chi connectivity index (χ0) is 13.0. The fourth-order valence-corrected chi connectivity index (χ4v) is 3.84. The molecule has 106 valence electrons. The maximum Gasteiger partial charge on any atom is 0.0100 e. The van der Waals surface area contributed by atoms with Crippen molar-refractivity contribution in [3.8, 4) is 0 Å². The van der Waals surface area contributed by atoms with Gasteiger partial charge in [0.25, 0.3) is 0 Å². The van der Waals surface area contributed by atoms with E-state index >= 15 is 0 Å². The molecule has 0 radical (unpaired) electrons. The molecule has 1 saturated carbocycles. The summed E-state index contributed by atoms with van der Waals surface area (Å²) in [4.78, 5) is 2.79. The number of rotatable bonds is 4. The average molecular weight is 252 g/mol. The van der Waals surface area contributed by atoms with Crippen molar-refractivity contribution in [1.29, 1.82) is 0 Å². The van der Waals surface area contributed by atoms with Crippen LogP contribution in [0.3, 0.4) is 0 Å². The quantitative estimate of drug-likeness (QED) is 0.826. The van der Waals surface area contributed by atoms with Crippen LogP contribution in [-0.2, 0) is 0 Å². The van der Waals surface area contributed by atoms with Crippen molar-refractivity contribution in [1.82, 2.24) is 10.2 Å². The lowest BCUT2D eigenvalue weighted by atomic mass is 9.74. The summed E-state index contributed by atoms with van der Waals surface area (Å²) in [5, 5.41) is 3.51. The Morgan fingerprint density at radius 1 is 1.17 bits per heavy atom. The normalized spacial score (nSPS) is 30.5. The smallest absolute Gasteiger partial charge is 0.0100 e. The zero-order valence-electron chi connectivity index (χ0n) is 12.7. The Hall–Kier alpha value is -0.0800. The van der Waals surface area contributed by atoms with Gasteiger partial charge in [-0.2, -0.15) is 0 Å². The Morgan fingerprint density at radius 2 is 1.89 bits per heavy atom. The van der Waals surface area contributed by atoms with Crippen LogP contribution in [0.25, 0.3) is 0 Å². The van der Waals surface area contributed by atoms with Gasteiger partial charge in [0, 0.05) is 6.04 Å². The highest BCUT2D eigenvalue weighted by Crippen LogP contribution is 2.38. The van der Waals surface area contributed by atoms with Crippen LogP contribution in [0.15, 0.2) is 0 Å². The molecule has 2 aliphatic rings. The number of piperidine rings is 1. The van der Waals surface area contributed by atoms with Gasteiger partial charge in [0.1, 0.15) is 0 Å². The van der Waals surface area contributed by atoms with Gasteiger partial charge in [-0.1, -0.05) is 27.2 Å². The second-order valence-corrected chi connectivity index (χ2v) is 7.20. The molecule has 0 amide bonds. The summed E-state index contributed by atoms with van der Waals surface area (Å²) in [6, 6.07) is 0.883.